The van der Waals surface area contributed by atoms with E-state index in [-0.39, 0.29) is 0 Å². The van der Waals surface area contributed by atoms with Gasteiger partial charge in [-0.25, -0.2) is 0 Å². The molecule has 0 fully saturated rings. The summed E-state index contributed by atoms with van der Waals surface area (Å²) in [7, 11) is 0. The van der Waals surface area contributed by atoms with Crippen molar-refractivity contribution in [1.82, 2.24) is 4.98 Å². The normalized spacial score (nSPS) is 13.4. The van der Waals surface area contributed by atoms with Gasteiger partial charge in [-0.3, -0.25) is 4.98 Å². The Bertz CT molecular complexity index is 1040. The van der Waals surface area contributed by atoms with Crippen LogP contribution in [0, 0.1) is 13.8 Å². The minimum Gasteiger partial charge on any atom is -0.253 e. The lowest BCUT2D eigenvalue weighted by molar-refractivity contribution is 0.919. The molecule has 1 heterocycles. The van der Waals surface area contributed by atoms with E-state index in [1.807, 2.05) is 0 Å². The van der Waals surface area contributed by atoms with Crippen molar-refractivity contribution in [2.75, 3.05) is 0 Å². The van der Waals surface area contributed by atoms with Crippen LogP contribution in [0.15, 0.2) is 84.5 Å². The van der Waals surface area contributed by atoms with Gasteiger partial charge in [-0.2, -0.15) is 0 Å². The predicted molar refractivity (Wildman–Crippen MR) is 118 cm³/mol. The number of hydrogen-bond acceptors (Lipinski definition) is 1. The van der Waals surface area contributed by atoms with Crippen LogP contribution in [0.4, 0.5) is 0 Å². The van der Waals surface area contributed by atoms with Gasteiger partial charge in [0.25, 0.3) is 0 Å². The Labute approximate surface area is 168 Å². The van der Waals surface area contributed by atoms with Crippen molar-refractivity contribution in [2.45, 2.75) is 39.5 Å². The van der Waals surface area contributed by atoms with Gasteiger partial charge in [-0.1, -0.05) is 83.4 Å². The maximum atomic E-state index is 4.94. The van der Waals surface area contributed by atoms with Crippen LogP contribution in [-0.2, 0) is 12.8 Å². The summed E-state index contributed by atoms with van der Waals surface area (Å²) in [6, 6.07) is 23.9. The summed E-state index contributed by atoms with van der Waals surface area (Å²) in [6.07, 6.45) is 8.68. The van der Waals surface area contributed by atoms with Gasteiger partial charge in [0.15, 0.2) is 0 Å². The molecule has 3 aromatic rings. The van der Waals surface area contributed by atoms with E-state index in [0.29, 0.717) is 0 Å². The summed E-state index contributed by atoms with van der Waals surface area (Å²) in [5.74, 6) is 0. The van der Waals surface area contributed by atoms with E-state index >= 15 is 0 Å². The molecule has 0 unspecified atom stereocenters. The number of rotatable bonds is 6. The van der Waals surface area contributed by atoms with Crippen LogP contribution in [-0.4, -0.2) is 4.98 Å². The summed E-state index contributed by atoms with van der Waals surface area (Å²) in [4.78, 5) is 4.94. The molecule has 1 nitrogen and oxygen atoms in total. The first-order chi connectivity index (χ1) is 13.7. The SMILES string of the molecule is Cc1cccc(CCC2=CC=C(c3cccc(Cc4cccc(C)c4)n3)C2)c1. The van der Waals surface area contributed by atoms with Crippen molar-refractivity contribution in [3.8, 4) is 0 Å². The van der Waals surface area contributed by atoms with E-state index in [2.05, 4.69) is 92.7 Å². The Morgan fingerprint density at radius 2 is 1.46 bits per heavy atom. The fourth-order valence-electron chi connectivity index (χ4n) is 3.89. The van der Waals surface area contributed by atoms with Crippen LogP contribution in [0.1, 0.15) is 46.5 Å². The Hall–Kier alpha value is -2.93. The van der Waals surface area contributed by atoms with E-state index < -0.39 is 0 Å². The molecule has 2 aromatic carbocycles. The molecule has 1 aromatic heterocycles. The zero-order valence-electron chi connectivity index (χ0n) is 16.8. The topological polar surface area (TPSA) is 12.9 Å². The number of benzene rings is 2. The van der Waals surface area contributed by atoms with Gasteiger partial charge in [0.2, 0.25) is 0 Å². The molecule has 0 amide bonds. The van der Waals surface area contributed by atoms with Crippen LogP contribution < -0.4 is 0 Å². The first-order valence-corrected chi connectivity index (χ1v) is 10.1. The van der Waals surface area contributed by atoms with Crippen LogP contribution in [0.2, 0.25) is 0 Å². The lowest BCUT2D eigenvalue weighted by Crippen LogP contribution is -1.97. The van der Waals surface area contributed by atoms with E-state index in [4.69, 9.17) is 4.98 Å². The smallest absolute Gasteiger partial charge is 0.0668 e. The maximum absolute atomic E-state index is 4.94. The average molecular weight is 366 g/mol. The summed E-state index contributed by atoms with van der Waals surface area (Å²) in [5, 5.41) is 0. The number of pyridine rings is 1. The predicted octanol–water partition coefficient (Wildman–Crippen LogP) is 6.64. The first-order valence-electron chi connectivity index (χ1n) is 10.1. The molecule has 1 aliphatic rings. The second-order valence-corrected chi connectivity index (χ2v) is 7.86. The molecule has 0 saturated heterocycles. The molecule has 0 saturated carbocycles. The Morgan fingerprint density at radius 1 is 0.750 bits per heavy atom. The second kappa shape index (κ2) is 8.39. The standard InChI is InChI=1S/C27H27N/c1-20-6-3-8-22(16-20)12-13-23-14-15-25(18-23)27-11-5-10-26(28-27)19-24-9-4-7-21(2)17-24/h3-11,14-17H,12-13,18-19H2,1-2H3. The van der Waals surface area contributed by atoms with E-state index in [1.54, 1.807) is 0 Å². The largest absolute Gasteiger partial charge is 0.253 e. The molecule has 0 spiro atoms. The highest BCUT2D eigenvalue weighted by molar-refractivity contribution is 5.70. The minimum atomic E-state index is 0.885. The quantitative estimate of drug-likeness (QED) is 0.477. The summed E-state index contributed by atoms with van der Waals surface area (Å²) < 4.78 is 0. The molecule has 0 radical (unpaired) electrons. The Balaban J connectivity index is 1.38. The van der Waals surface area contributed by atoms with Gasteiger partial charge < -0.3 is 0 Å². The highest BCUT2D eigenvalue weighted by Crippen LogP contribution is 2.30. The van der Waals surface area contributed by atoms with E-state index in [9.17, 15) is 0 Å². The van der Waals surface area contributed by atoms with Crippen molar-refractivity contribution in [1.29, 1.82) is 0 Å². The number of aryl methyl sites for hydroxylation is 3. The molecule has 1 heteroatoms. The number of allylic oxidation sites excluding steroid dienone is 4. The van der Waals surface area contributed by atoms with Gasteiger partial charge in [0.05, 0.1) is 5.69 Å². The highest BCUT2D eigenvalue weighted by atomic mass is 14.7. The Kier molecular flexibility index (Phi) is 5.53. The zero-order chi connectivity index (χ0) is 19.3. The monoisotopic (exact) mass is 365 g/mol. The summed E-state index contributed by atoms with van der Waals surface area (Å²) >= 11 is 0. The fraction of sp³-hybridized carbons (Fsp3) is 0.222. The number of nitrogens with zero attached hydrogens (tertiary/aromatic N) is 1. The van der Waals surface area contributed by atoms with Crippen molar-refractivity contribution in [3.05, 3.63) is 118 Å². The number of aromatic nitrogens is 1. The third-order valence-electron chi connectivity index (χ3n) is 5.36. The average Bonchev–Trinajstić information content (AvgIpc) is 3.16. The summed E-state index contributed by atoms with van der Waals surface area (Å²) in [6.45, 7) is 4.30. The second-order valence-electron chi connectivity index (χ2n) is 7.86. The molecule has 0 aliphatic heterocycles. The van der Waals surface area contributed by atoms with Crippen molar-refractivity contribution in [3.63, 3.8) is 0 Å². The third-order valence-corrected chi connectivity index (χ3v) is 5.36. The van der Waals surface area contributed by atoms with Crippen molar-refractivity contribution in [2.24, 2.45) is 0 Å². The molecule has 0 N–H and O–H groups in total. The molecule has 28 heavy (non-hydrogen) atoms. The van der Waals surface area contributed by atoms with Gasteiger partial charge in [-0.15, -0.1) is 0 Å². The van der Waals surface area contributed by atoms with Crippen molar-refractivity contribution < 1.29 is 0 Å². The highest BCUT2D eigenvalue weighted by Gasteiger charge is 2.12. The summed E-state index contributed by atoms with van der Waals surface area (Å²) in [5.41, 5.74) is 10.5. The van der Waals surface area contributed by atoms with Crippen LogP contribution >= 0.6 is 0 Å². The van der Waals surface area contributed by atoms with Gasteiger partial charge in [0, 0.05) is 12.1 Å². The minimum absolute atomic E-state index is 0.885. The maximum Gasteiger partial charge on any atom is 0.0668 e. The molecular formula is C27H27N. The van der Waals surface area contributed by atoms with Crippen molar-refractivity contribution >= 4 is 5.57 Å². The zero-order valence-corrected chi connectivity index (χ0v) is 16.8. The van der Waals surface area contributed by atoms with Crippen LogP contribution in [0.5, 0.6) is 0 Å². The molecule has 0 bridgehead atoms. The molecule has 4 rings (SSSR count). The fourth-order valence-corrected chi connectivity index (χ4v) is 3.89. The molecular weight excluding hydrogens is 338 g/mol. The molecule has 0 atom stereocenters. The van der Waals surface area contributed by atoms with Gasteiger partial charge in [0.1, 0.15) is 0 Å². The van der Waals surface area contributed by atoms with Crippen LogP contribution in [0.25, 0.3) is 5.57 Å². The lowest BCUT2D eigenvalue weighted by Gasteiger charge is -2.08. The van der Waals surface area contributed by atoms with E-state index in [0.717, 1.165) is 37.1 Å². The third kappa shape index (κ3) is 4.67. The van der Waals surface area contributed by atoms with E-state index in [1.165, 1.54) is 33.4 Å². The van der Waals surface area contributed by atoms with Gasteiger partial charge >= 0.3 is 0 Å². The van der Waals surface area contributed by atoms with Crippen LogP contribution in [0.3, 0.4) is 0 Å². The number of hydrogen-bond donors (Lipinski definition) is 0. The molecule has 1 aliphatic carbocycles. The van der Waals surface area contributed by atoms with Gasteiger partial charge in [-0.05, 0) is 61.9 Å². The lowest BCUT2D eigenvalue weighted by atomic mass is 10.00. The first kappa shape index (κ1) is 18.4. The Morgan fingerprint density at radius 3 is 2.25 bits per heavy atom. The molecule has 140 valence electrons.